The topological polar surface area (TPSA) is 42.0 Å². The number of allylic oxidation sites excluding steroid dienone is 2. The lowest BCUT2D eigenvalue weighted by molar-refractivity contribution is -0.0999. The molecule has 5 rings (SSSR count). The zero-order chi connectivity index (χ0) is 17.4. The van der Waals surface area contributed by atoms with Gasteiger partial charge < -0.3 is 14.6 Å². The first-order chi connectivity index (χ1) is 12.0. The Balaban J connectivity index is 1.57. The van der Waals surface area contributed by atoms with Crippen molar-refractivity contribution in [1.29, 1.82) is 0 Å². The second kappa shape index (κ2) is 5.13. The molecule has 0 aromatic rings. The van der Waals surface area contributed by atoms with Crippen molar-refractivity contribution in [3.63, 3.8) is 0 Å². The molecule has 0 aromatic heterocycles. The Morgan fingerprint density at radius 1 is 1.24 bits per heavy atom. The van der Waals surface area contributed by atoms with Gasteiger partial charge in [0, 0.05) is 5.41 Å². The standard InChI is InChI=1S/C22H32O3/c1-4-24-18-12-14-7-8-15-16-6-5-10-20(16,2)11-9-17(15)21(14,3)19(23)22(18)13-25-22/h7,12,15-17,19,23H,4-6,8-11,13H2,1-3H3/t15-,16-,17+,19?,20-,21-,22?/m0/s1. The van der Waals surface area contributed by atoms with Gasteiger partial charge in [-0.3, -0.25) is 0 Å². The largest absolute Gasteiger partial charge is 0.495 e. The Hall–Kier alpha value is -0.800. The number of hydrogen-bond acceptors (Lipinski definition) is 3. The number of ether oxygens (including phenoxy) is 2. The van der Waals surface area contributed by atoms with E-state index in [2.05, 4.69) is 26.0 Å². The first-order valence-corrected chi connectivity index (χ1v) is 10.3. The molecule has 2 unspecified atom stereocenters. The van der Waals surface area contributed by atoms with E-state index in [1.165, 1.54) is 44.1 Å². The second-order valence-corrected chi connectivity index (χ2v) is 9.66. The fraction of sp³-hybridized carbons (Fsp3) is 0.818. The van der Waals surface area contributed by atoms with Gasteiger partial charge in [0.2, 0.25) is 0 Å². The molecule has 1 saturated heterocycles. The molecule has 4 aliphatic carbocycles. The quantitative estimate of drug-likeness (QED) is 0.763. The van der Waals surface area contributed by atoms with Crippen molar-refractivity contribution in [2.75, 3.05) is 13.2 Å². The highest BCUT2D eigenvalue weighted by molar-refractivity contribution is 5.45. The zero-order valence-electron chi connectivity index (χ0n) is 15.9. The Kier molecular flexibility index (Phi) is 3.36. The first-order valence-electron chi connectivity index (χ1n) is 10.3. The van der Waals surface area contributed by atoms with E-state index in [0.717, 1.165) is 17.6 Å². The van der Waals surface area contributed by atoms with Crippen molar-refractivity contribution >= 4 is 0 Å². The van der Waals surface area contributed by atoms with Gasteiger partial charge in [0.05, 0.1) is 13.2 Å². The molecule has 0 bridgehead atoms. The van der Waals surface area contributed by atoms with E-state index in [1.54, 1.807) is 0 Å². The van der Waals surface area contributed by atoms with Crippen molar-refractivity contribution in [2.24, 2.45) is 28.6 Å². The summed E-state index contributed by atoms with van der Waals surface area (Å²) in [6, 6.07) is 0. The van der Waals surface area contributed by atoms with E-state index >= 15 is 0 Å². The average Bonchev–Trinajstić information content (AvgIpc) is 3.29. The monoisotopic (exact) mass is 344 g/mol. The number of aliphatic hydroxyl groups is 1. The van der Waals surface area contributed by atoms with E-state index in [4.69, 9.17) is 9.47 Å². The fourth-order valence-electron chi connectivity index (χ4n) is 7.21. The lowest BCUT2D eigenvalue weighted by atomic mass is 9.47. The zero-order valence-corrected chi connectivity index (χ0v) is 15.9. The molecule has 0 radical (unpaired) electrons. The SMILES string of the molecule is CCOC1=CC2=CC[C@@H]3[C@@H](CC[C@]4(C)CCC[C@@H]34)[C@@]2(C)C(O)C12CO2. The molecular formula is C22H32O3. The Labute approximate surface area is 151 Å². The summed E-state index contributed by atoms with van der Waals surface area (Å²) in [5.41, 5.74) is 1.08. The van der Waals surface area contributed by atoms with Gasteiger partial charge in [0.25, 0.3) is 0 Å². The molecule has 1 aliphatic heterocycles. The van der Waals surface area contributed by atoms with Crippen LogP contribution in [0.5, 0.6) is 0 Å². The summed E-state index contributed by atoms with van der Waals surface area (Å²) in [7, 11) is 0. The van der Waals surface area contributed by atoms with Gasteiger partial charge in [0.1, 0.15) is 11.9 Å². The van der Waals surface area contributed by atoms with Gasteiger partial charge in [-0.15, -0.1) is 0 Å². The molecule has 1 N–H and O–H groups in total. The third kappa shape index (κ3) is 1.95. The maximum absolute atomic E-state index is 11.5. The summed E-state index contributed by atoms with van der Waals surface area (Å²) in [6.07, 6.45) is 12.1. The smallest absolute Gasteiger partial charge is 0.175 e. The number of fused-ring (bicyclic) bond motifs is 5. The van der Waals surface area contributed by atoms with Crippen LogP contribution in [0.25, 0.3) is 0 Å². The Bertz CT molecular complexity index is 646. The summed E-state index contributed by atoms with van der Waals surface area (Å²) in [5, 5.41) is 11.5. The van der Waals surface area contributed by atoms with Gasteiger partial charge in [0.15, 0.2) is 5.60 Å². The van der Waals surface area contributed by atoms with Crippen LogP contribution in [-0.2, 0) is 9.47 Å². The van der Waals surface area contributed by atoms with E-state index < -0.39 is 11.7 Å². The molecule has 2 saturated carbocycles. The van der Waals surface area contributed by atoms with E-state index in [9.17, 15) is 5.11 Å². The minimum absolute atomic E-state index is 0.191. The molecule has 5 aliphatic rings. The molecular weight excluding hydrogens is 312 g/mol. The van der Waals surface area contributed by atoms with Crippen LogP contribution >= 0.6 is 0 Å². The van der Waals surface area contributed by atoms with Crippen LogP contribution in [0.2, 0.25) is 0 Å². The molecule has 0 aromatic carbocycles. The lowest BCUT2D eigenvalue weighted by Gasteiger charge is -2.58. The van der Waals surface area contributed by atoms with Gasteiger partial charge in [-0.1, -0.05) is 26.3 Å². The molecule has 3 heteroatoms. The maximum atomic E-state index is 11.5. The number of rotatable bonds is 2. The second-order valence-electron chi connectivity index (χ2n) is 9.66. The molecule has 1 spiro atoms. The van der Waals surface area contributed by atoms with Crippen molar-refractivity contribution in [2.45, 2.75) is 71.0 Å². The van der Waals surface area contributed by atoms with E-state index in [0.29, 0.717) is 24.5 Å². The predicted octanol–water partition coefficient (Wildman–Crippen LogP) is 4.22. The maximum Gasteiger partial charge on any atom is 0.175 e. The minimum atomic E-state index is -0.569. The normalized spacial score (nSPS) is 53.4. The van der Waals surface area contributed by atoms with Crippen molar-refractivity contribution in [3.8, 4) is 0 Å². The van der Waals surface area contributed by atoms with Gasteiger partial charge in [-0.05, 0) is 73.8 Å². The first kappa shape index (κ1) is 16.4. The lowest BCUT2D eigenvalue weighted by Crippen LogP contribution is -2.58. The van der Waals surface area contributed by atoms with Crippen LogP contribution in [-0.4, -0.2) is 30.0 Å². The summed E-state index contributed by atoms with van der Waals surface area (Å²) in [6.45, 7) is 8.06. The van der Waals surface area contributed by atoms with Crippen LogP contribution in [0.3, 0.4) is 0 Å². The van der Waals surface area contributed by atoms with Gasteiger partial charge >= 0.3 is 0 Å². The molecule has 3 fully saturated rings. The summed E-state index contributed by atoms with van der Waals surface area (Å²) in [5.74, 6) is 2.98. The number of aliphatic hydroxyl groups excluding tert-OH is 1. The minimum Gasteiger partial charge on any atom is -0.495 e. The predicted molar refractivity (Wildman–Crippen MR) is 96.9 cm³/mol. The van der Waals surface area contributed by atoms with E-state index in [1.807, 2.05) is 6.92 Å². The summed E-state index contributed by atoms with van der Waals surface area (Å²) >= 11 is 0. The summed E-state index contributed by atoms with van der Waals surface area (Å²) in [4.78, 5) is 0. The number of epoxide rings is 1. The van der Waals surface area contributed by atoms with Crippen LogP contribution in [0.15, 0.2) is 23.5 Å². The van der Waals surface area contributed by atoms with Gasteiger partial charge in [-0.25, -0.2) is 0 Å². The summed E-state index contributed by atoms with van der Waals surface area (Å²) < 4.78 is 11.7. The van der Waals surface area contributed by atoms with Crippen LogP contribution in [0.4, 0.5) is 0 Å². The van der Waals surface area contributed by atoms with Crippen molar-refractivity contribution < 1.29 is 14.6 Å². The van der Waals surface area contributed by atoms with Crippen molar-refractivity contribution in [1.82, 2.24) is 0 Å². The highest BCUT2D eigenvalue weighted by Gasteiger charge is 2.68. The molecule has 25 heavy (non-hydrogen) atoms. The number of hydrogen-bond donors (Lipinski definition) is 1. The Morgan fingerprint density at radius 2 is 2.04 bits per heavy atom. The fourth-order valence-corrected chi connectivity index (χ4v) is 7.21. The molecule has 7 atom stereocenters. The Morgan fingerprint density at radius 3 is 2.76 bits per heavy atom. The highest BCUT2D eigenvalue weighted by atomic mass is 16.6. The third-order valence-electron chi connectivity index (χ3n) is 8.69. The van der Waals surface area contributed by atoms with Crippen LogP contribution in [0, 0.1) is 28.6 Å². The van der Waals surface area contributed by atoms with Crippen LogP contribution in [0.1, 0.15) is 59.3 Å². The molecule has 3 nitrogen and oxygen atoms in total. The molecule has 1 heterocycles. The average molecular weight is 344 g/mol. The molecule has 138 valence electrons. The third-order valence-corrected chi connectivity index (χ3v) is 8.69. The highest BCUT2D eigenvalue weighted by Crippen LogP contribution is 2.66. The van der Waals surface area contributed by atoms with Gasteiger partial charge in [-0.2, -0.15) is 0 Å². The van der Waals surface area contributed by atoms with E-state index in [-0.39, 0.29) is 5.41 Å². The van der Waals surface area contributed by atoms with Crippen LogP contribution < -0.4 is 0 Å². The molecule has 0 amide bonds. The van der Waals surface area contributed by atoms with Crippen molar-refractivity contribution in [3.05, 3.63) is 23.5 Å².